The van der Waals surface area contributed by atoms with Gasteiger partial charge in [0.2, 0.25) is 0 Å². The molecule has 1 aliphatic rings. The van der Waals surface area contributed by atoms with Crippen LogP contribution in [0.25, 0.3) is 11.0 Å². The van der Waals surface area contributed by atoms with Crippen LogP contribution in [0.1, 0.15) is 11.9 Å². The minimum absolute atomic E-state index is 0.134. The van der Waals surface area contributed by atoms with E-state index in [2.05, 4.69) is 4.98 Å². The van der Waals surface area contributed by atoms with Crippen LogP contribution in [0.2, 0.25) is 0 Å². The summed E-state index contributed by atoms with van der Waals surface area (Å²) in [6.07, 6.45) is -2.69. The number of rotatable bonds is 2. The van der Waals surface area contributed by atoms with Crippen LogP contribution in [0.5, 0.6) is 0 Å². The average molecular weight is 267 g/mol. The number of aromatic amines is 1. The van der Waals surface area contributed by atoms with Crippen molar-refractivity contribution in [2.75, 3.05) is 6.61 Å². The zero-order valence-corrected chi connectivity index (χ0v) is 9.81. The number of hydrogen-bond acceptors (Lipinski definition) is 6. The number of aromatic nitrogens is 1. The molecule has 4 atom stereocenters. The first-order valence-electron chi connectivity index (χ1n) is 5.85. The van der Waals surface area contributed by atoms with E-state index in [-0.39, 0.29) is 16.9 Å². The number of hydrogen-bond donors (Lipinski definition) is 4. The van der Waals surface area contributed by atoms with E-state index < -0.39 is 31.0 Å². The third-order valence-corrected chi connectivity index (χ3v) is 3.29. The Morgan fingerprint density at radius 1 is 1.32 bits per heavy atom. The first-order valence-corrected chi connectivity index (χ1v) is 5.85. The monoisotopic (exact) mass is 267 g/mol. The van der Waals surface area contributed by atoms with Crippen molar-refractivity contribution in [3.05, 3.63) is 34.4 Å². The normalized spacial score (nSPS) is 31.1. The molecular formula is C12H13NO6. The van der Waals surface area contributed by atoms with E-state index in [1.165, 1.54) is 6.20 Å². The molecule has 0 saturated carbocycles. The highest BCUT2D eigenvalue weighted by atomic mass is 16.6. The number of pyridine rings is 1. The average Bonchev–Trinajstić information content (AvgIpc) is 2.94. The standard InChI is InChI=1S/C12H13NO6/c14-4-7-8(15)9(16)11(19-7)6-3-5-1-2-13-12(17)10(5)18-6/h1-3,7-9,11,14-16H,4H2,(H,13,17). The van der Waals surface area contributed by atoms with Crippen molar-refractivity contribution in [1.29, 1.82) is 0 Å². The molecule has 3 heterocycles. The quantitative estimate of drug-likeness (QED) is 0.570. The van der Waals surface area contributed by atoms with Gasteiger partial charge in [0.25, 0.3) is 5.56 Å². The summed E-state index contributed by atoms with van der Waals surface area (Å²) in [5.74, 6) is 0.245. The Morgan fingerprint density at radius 3 is 2.74 bits per heavy atom. The van der Waals surface area contributed by atoms with E-state index in [1.807, 2.05) is 0 Å². The van der Waals surface area contributed by atoms with Crippen LogP contribution in [-0.4, -0.2) is 45.2 Å². The van der Waals surface area contributed by atoms with Crippen molar-refractivity contribution in [1.82, 2.24) is 4.98 Å². The maximum absolute atomic E-state index is 11.5. The molecule has 1 fully saturated rings. The zero-order valence-electron chi connectivity index (χ0n) is 9.81. The molecule has 7 heteroatoms. The summed E-state index contributed by atoms with van der Waals surface area (Å²) in [6, 6.07) is 3.23. The number of H-pyrrole nitrogens is 1. The maximum Gasteiger partial charge on any atom is 0.291 e. The molecule has 0 amide bonds. The Kier molecular flexibility index (Phi) is 2.90. The number of nitrogens with one attached hydrogen (secondary N) is 1. The molecule has 0 aromatic carbocycles. The second-order valence-corrected chi connectivity index (χ2v) is 4.50. The molecule has 0 bridgehead atoms. The first kappa shape index (κ1) is 12.4. The lowest BCUT2D eigenvalue weighted by Crippen LogP contribution is -2.32. The Morgan fingerprint density at radius 2 is 2.11 bits per heavy atom. The molecule has 0 aliphatic carbocycles. The second-order valence-electron chi connectivity index (χ2n) is 4.50. The fourth-order valence-electron chi connectivity index (χ4n) is 2.27. The van der Waals surface area contributed by atoms with Crippen LogP contribution >= 0.6 is 0 Å². The highest BCUT2D eigenvalue weighted by Gasteiger charge is 2.44. The van der Waals surface area contributed by atoms with Gasteiger partial charge in [-0.2, -0.15) is 0 Å². The van der Waals surface area contributed by atoms with Gasteiger partial charge < -0.3 is 29.5 Å². The van der Waals surface area contributed by atoms with Crippen molar-refractivity contribution in [3.63, 3.8) is 0 Å². The van der Waals surface area contributed by atoms with E-state index in [1.54, 1.807) is 12.1 Å². The summed E-state index contributed by atoms with van der Waals surface area (Å²) >= 11 is 0. The Bertz CT molecular complexity index is 647. The van der Waals surface area contributed by atoms with Gasteiger partial charge in [-0.1, -0.05) is 0 Å². The van der Waals surface area contributed by atoms with Gasteiger partial charge in [0, 0.05) is 11.6 Å². The number of fused-ring (bicyclic) bond motifs is 1. The predicted molar refractivity (Wildman–Crippen MR) is 63.5 cm³/mol. The molecule has 0 radical (unpaired) electrons. The van der Waals surface area contributed by atoms with Crippen LogP contribution in [-0.2, 0) is 4.74 Å². The molecule has 7 nitrogen and oxygen atoms in total. The summed E-state index contributed by atoms with van der Waals surface area (Å²) < 4.78 is 10.7. The van der Waals surface area contributed by atoms with E-state index in [9.17, 15) is 15.0 Å². The van der Waals surface area contributed by atoms with Gasteiger partial charge in [-0.05, 0) is 12.1 Å². The van der Waals surface area contributed by atoms with Crippen LogP contribution in [0.15, 0.2) is 27.5 Å². The summed E-state index contributed by atoms with van der Waals surface area (Å²) in [5.41, 5.74) is -0.245. The summed E-state index contributed by atoms with van der Waals surface area (Å²) in [6.45, 7) is -0.407. The second kappa shape index (κ2) is 4.46. The fraction of sp³-hybridized carbons (Fsp3) is 0.417. The number of furan rings is 1. The van der Waals surface area contributed by atoms with Gasteiger partial charge in [-0.3, -0.25) is 4.79 Å². The van der Waals surface area contributed by atoms with Crippen LogP contribution < -0.4 is 5.56 Å². The van der Waals surface area contributed by atoms with Gasteiger partial charge in [-0.25, -0.2) is 0 Å². The SMILES string of the molecule is O=c1[nH]ccc2cc(C3OC(CO)C(O)C3O)oc12. The smallest absolute Gasteiger partial charge is 0.291 e. The lowest BCUT2D eigenvalue weighted by atomic mass is 10.1. The Labute approximate surface area is 107 Å². The Hall–Kier alpha value is -1.67. The van der Waals surface area contributed by atoms with Gasteiger partial charge in [0.15, 0.2) is 5.58 Å². The summed E-state index contributed by atoms with van der Waals surface area (Å²) in [4.78, 5) is 14.0. The Balaban J connectivity index is 2.01. The van der Waals surface area contributed by atoms with E-state index in [0.29, 0.717) is 5.39 Å². The molecule has 1 saturated heterocycles. The highest BCUT2D eigenvalue weighted by Crippen LogP contribution is 2.35. The minimum atomic E-state index is -1.21. The van der Waals surface area contributed by atoms with Crippen molar-refractivity contribution in [2.45, 2.75) is 24.4 Å². The van der Waals surface area contributed by atoms with Crippen molar-refractivity contribution in [3.8, 4) is 0 Å². The topological polar surface area (TPSA) is 116 Å². The van der Waals surface area contributed by atoms with Crippen molar-refractivity contribution >= 4 is 11.0 Å². The number of aliphatic hydroxyl groups is 3. The molecule has 102 valence electrons. The zero-order chi connectivity index (χ0) is 13.6. The van der Waals surface area contributed by atoms with Crippen molar-refractivity contribution < 1.29 is 24.5 Å². The summed E-state index contributed by atoms with van der Waals surface area (Å²) in [5, 5.41) is 29.2. The van der Waals surface area contributed by atoms with E-state index in [4.69, 9.17) is 14.3 Å². The van der Waals surface area contributed by atoms with Gasteiger partial charge in [-0.15, -0.1) is 0 Å². The summed E-state index contributed by atoms with van der Waals surface area (Å²) in [7, 11) is 0. The van der Waals surface area contributed by atoms with E-state index in [0.717, 1.165) is 0 Å². The molecule has 2 aromatic rings. The maximum atomic E-state index is 11.5. The molecule has 1 aliphatic heterocycles. The molecule has 4 N–H and O–H groups in total. The van der Waals surface area contributed by atoms with E-state index >= 15 is 0 Å². The third kappa shape index (κ3) is 1.87. The van der Waals surface area contributed by atoms with Crippen LogP contribution in [0.3, 0.4) is 0 Å². The van der Waals surface area contributed by atoms with Crippen LogP contribution in [0, 0.1) is 0 Å². The minimum Gasteiger partial charge on any atom is -0.452 e. The molecule has 4 unspecified atom stereocenters. The molecule has 3 rings (SSSR count). The van der Waals surface area contributed by atoms with Gasteiger partial charge in [0.05, 0.1) is 6.61 Å². The van der Waals surface area contributed by atoms with Gasteiger partial charge in [0.1, 0.15) is 30.2 Å². The van der Waals surface area contributed by atoms with Gasteiger partial charge >= 0.3 is 0 Å². The van der Waals surface area contributed by atoms with Crippen LogP contribution in [0.4, 0.5) is 0 Å². The largest absolute Gasteiger partial charge is 0.452 e. The molecule has 0 spiro atoms. The molecule has 19 heavy (non-hydrogen) atoms. The molecule has 2 aromatic heterocycles. The van der Waals surface area contributed by atoms with Crippen molar-refractivity contribution in [2.24, 2.45) is 0 Å². The predicted octanol–water partition coefficient (Wildman–Crippen LogP) is -0.725. The fourth-order valence-corrected chi connectivity index (χ4v) is 2.27. The lowest BCUT2D eigenvalue weighted by molar-refractivity contribution is -0.0285. The molecular weight excluding hydrogens is 254 g/mol. The number of ether oxygens (including phenoxy) is 1. The third-order valence-electron chi connectivity index (χ3n) is 3.29. The number of aliphatic hydroxyl groups excluding tert-OH is 3. The highest BCUT2D eigenvalue weighted by molar-refractivity contribution is 5.76. The first-order chi connectivity index (χ1) is 9.11. The lowest BCUT2D eigenvalue weighted by Gasteiger charge is -2.11.